The molecular weight excluding hydrogens is 202 g/mol. The van der Waals surface area contributed by atoms with Gasteiger partial charge in [0.05, 0.1) is 0 Å². The zero-order valence-corrected chi connectivity index (χ0v) is 9.29. The summed E-state index contributed by atoms with van der Waals surface area (Å²) in [6, 6.07) is 8.01. The minimum Gasteiger partial charge on any atom is -0.319 e. The van der Waals surface area contributed by atoms with Gasteiger partial charge in [0.1, 0.15) is 0 Å². The highest BCUT2D eigenvalue weighted by molar-refractivity contribution is 7.98. The highest BCUT2D eigenvalue weighted by Gasteiger charge is 1.97. The van der Waals surface area contributed by atoms with Gasteiger partial charge in [-0.1, -0.05) is 29.8 Å². The van der Waals surface area contributed by atoms with E-state index in [4.69, 9.17) is 11.6 Å². The van der Waals surface area contributed by atoms with E-state index in [2.05, 4.69) is 11.4 Å². The maximum atomic E-state index is 6.01. The minimum absolute atomic E-state index is 0.874. The van der Waals surface area contributed by atoms with Gasteiger partial charge in [-0.15, -0.1) is 0 Å². The second kappa shape index (κ2) is 6.30. The lowest BCUT2D eigenvalue weighted by atomic mass is 10.2. The first kappa shape index (κ1) is 10.9. The minimum atomic E-state index is 0.874. The molecule has 0 spiro atoms. The molecule has 0 heterocycles. The average Bonchev–Trinajstić information content (AvgIpc) is 2.15. The quantitative estimate of drug-likeness (QED) is 0.759. The molecule has 72 valence electrons. The summed E-state index contributed by atoms with van der Waals surface area (Å²) >= 11 is 7.91. The van der Waals surface area contributed by atoms with Crippen LogP contribution >= 0.6 is 23.4 Å². The number of nitrogens with one attached hydrogen (secondary N) is 1. The van der Waals surface area contributed by atoms with Crippen molar-refractivity contribution in [2.45, 2.75) is 5.75 Å². The lowest BCUT2D eigenvalue weighted by Crippen LogP contribution is -2.09. The van der Waals surface area contributed by atoms with Crippen LogP contribution in [0.15, 0.2) is 24.3 Å². The fraction of sp³-hybridized carbons (Fsp3) is 0.400. The maximum Gasteiger partial charge on any atom is 0.0446 e. The molecule has 13 heavy (non-hydrogen) atoms. The van der Waals surface area contributed by atoms with Crippen molar-refractivity contribution < 1.29 is 0 Å². The molecule has 0 saturated carbocycles. The largest absolute Gasteiger partial charge is 0.319 e. The van der Waals surface area contributed by atoms with E-state index in [1.165, 1.54) is 5.56 Å². The molecule has 0 radical (unpaired) electrons. The number of thioether (sulfide) groups is 1. The highest BCUT2D eigenvalue weighted by Crippen LogP contribution is 2.20. The van der Waals surface area contributed by atoms with E-state index in [0.29, 0.717) is 0 Å². The van der Waals surface area contributed by atoms with Crippen molar-refractivity contribution in [2.24, 2.45) is 0 Å². The normalized spacial score (nSPS) is 10.3. The zero-order chi connectivity index (χ0) is 9.52. The van der Waals surface area contributed by atoms with Crippen molar-refractivity contribution in [2.75, 3.05) is 19.3 Å². The van der Waals surface area contributed by atoms with Crippen LogP contribution in [0.3, 0.4) is 0 Å². The van der Waals surface area contributed by atoms with E-state index >= 15 is 0 Å². The maximum absolute atomic E-state index is 6.01. The Morgan fingerprint density at radius 2 is 2.15 bits per heavy atom. The first-order valence-electron chi connectivity index (χ1n) is 4.30. The van der Waals surface area contributed by atoms with E-state index in [-0.39, 0.29) is 0 Å². The molecular formula is C10H14ClNS. The smallest absolute Gasteiger partial charge is 0.0446 e. The average molecular weight is 216 g/mol. The molecule has 0 aromatic heterocycles. The van der Waals surface area contributed by atoms with Crippen LogP contribution in [0.2, 0.25) is 5.02 Å². The zero-order valence-electron chi connectivity index (χ0n) is 7.72. The third-order valence-electron chi connectivity index (χ3n) is 1.71. The summed E-state index contributed by atoms with van der Waals surface area (Å²) in [6.45, 7) is 1.05. The van der Waals surface area contributed by atoms with Crippen molar-refractivity contribution in [3.8, 4) is 0 Å². The highest BCUT2D eigenvalue weighted by atomic mass is 35.5. The Hall–Kier alpha value is -0.180. The third-order valence-corrected chi connectivity index (χ3v) is 3.09. The molecule has 0 atom stereocenters. The van der Waals surface area contributed by atoms with Crippen LogP contribution < -0.4 is 5.32 Å². The van der Waals surface area contributed by atoms with Gasteiger partial charge in [-0.2, -0.15) is 11.8 Å². The molecule has 1 nitrogen and oxygen atoms in total. The molecule has 0 bridgehead atoms. The Kier molecular flexibility index (Phi) is 5.28. The summed E-state index contributed by atoms with van der Waals surface area (Å²) < 4.78 is 0. The van der Waals surface area contributed by atoms with Crippen molar-refractivity contribution in [1.82, 2.24) is 5.32 Å². The van der Waals surface area contributed by atoms with Gasteiger partial charge in [0, 0.05) is 23.1 Å². The van der Waals surface area contributed by atoms with Crippen molar-refractivity contribution in [1.29, 1.82) is 0 Å². The van der Waals surface area contributed by atoms with E-state index < -0.39 is 0 Å². The van der Waals surface area contributed by atoms with Gasteiger partial charge in [-0.05, 0) is 18.7 Å². The Morgan fingerprint density at radius 1 is 1.38 bits per heavy atom. The van der Waals surface area contributed by atoms with Gasteiger partial charge < -0.3 is 5.32 Å². The lowest BCUT2D eigenvalue weighted by molar-refractivity contribution is 0.872. The summed E-state index contributed by atoms with van der Waals surface area (Å²) in [5.41, 5.74) is 1.23. The van der Waals surface area contributed by atoms with Gasteiger partial charge in [-0.25, -0.2) is 0 Å². The number of benzene rings is 1. The van der Waals surface area contributed by atoms with Gasteiger partial charge in [0.15, 0.2) is 0 Å². The summed E-state index contributed by atoms with van der Waals surface area (Å²) in [4.78, 5) is 0. The standard InChI is InChI=1S/C10H14ClNS/c1-12-6-7-13-8-9-4-2-3-5-10(9)11/h2-5,12H,6-8H2,1H3. The van der Waals surface area contributed by atoms with Crippen molar-refractivity contribution >= 4 is 23.4 Å². The van der Waals surface area contributed by atoms with Crippen molar-refractivity contribution in [3.63, 3.8) is 0 Å². The van der Waals surface area contributed by atoms with E-state index in [9.17, 15) is 0 Å². The second-order valence-electron chi connectivity index (χ2n) is 2.75. The van der Waals surface area contributed by atoms with E-state index in [0.717, 1.165) is 23.1 Å². The fourth-order valence-corrected chi connectivity index (χ4v) is 2.22. The van der Waals surface area contributed by atoms with Gasteiger partial charge in [-0.3, -0.25) is 0 Å². The predicted octanol–water partition coefficient (Wildman–Crippen LogP) is 2.79. The summed E-state index contributed by atoms with van der Waals surface area (Å²) in [6.07, 6.45) is 0. The van der Waals surface area contributed by atoms with E-state index in [1.807, 2.05) is 37.0 Å². The SMILES string of the molecule is CNCCSCc1ccccc1Cl. The monoisotopic (exact) mass is 215 g/mol. The Labute approximate surface area is 88.9 Å². The van der Waals surface area contributed by atoms with Gasteiger partial charge in [0.2, 0.25) is 0 Å². The molecule has 0 aliphatic heterocycles. The summed E-state index contributed by atoms with van der Waals surface area (Å²) in [5, 5.41) is 3.99. The number of rotatable bonds is 5. The van der Waals surface area contributed by atoms with Crippen LogP contribution in [0.25, 0.3) is 0 Å². The van der Waals surface area contributed by atoms with Crippen molar-refractivity contribution in [3.05, 3.63) is 34.9 Å². The topological polar surface area (TPSA) is 12.0 Å². The molecule has 0 amide bonds. The number of hydrogen-bond donors (Lipinski definition) is 1. The van der Waals surface area contributed by atoms with Crippen LogP contribution in [0.1, 0.15) is 5.56 Å². The van der Waals surface area contributed by atoms with Crippen LogP contribution in [0.5, 0.6) is 0 Å². The van der Waals surface area contributed by atoms with Gasteiger partial charge >= 0.3 is 0 Å². The number of halogens is 1. The molecule has 1 N–H and O–H groups in total. The lowest BCUT2D eigenvalue weighted by Gasteiger charge is -2.03. The Morgan fingerprint density at radius 3 is 2.85 bits per heavy atom. The molecule has 3 heteroatoms. The predicted molar refractivity (Wildman–Crippen MR) is 61.5 cm³/mol. The molecule has 0 aliphatic rings. The summed E-state index contributed by atoms with van der Waals surface area (Å²) in [7, 11) is 1.97. The van der Waals surface area contributed by atoms with Crippen LogP contribution in [-0.2, 0) is 5.75 Å². The number of hydrogen-bond acceptors (Lipinski definition) is 2. The first-order valence-corrected chi connectivity index (χ1v) is 5.83. The summed E-state index contributed by atoms with van der Waals surface area (Å²) in [5.74, 6) is 2.13. The third kappa shape index (κ3) is 4.03. The molecule has 1 aromatic rings. The molecule has 0 saturated heterocycles. The van der Waals surface area contributed by atoms with Gasteiger partial charge in [0.25, 0.3) is 0 Å². The molecule has 1 aromatic carbocycles. The van der Waals surface area contributed by atoms with Crippen LogP contribution in [0.4, 0.5) is 0 Å². The van der Waals surface area contributed by atoms with Crippen LogP contribution in [-0.4, -0.2) is 19.3 Å². The molecule has 1 rings (SSSR count). The van der Waals surface area contributed by atoms with Crippen LogP contribution in [0, 0.1) is 0 Å². The molecule has 0 fully saturated rings. The molecule has 0 aliphatic carbocycles. The molecule has 0 unspecified atom stereocenters. The fourth-order valence-electron chi connectivity index (χ4n) is 0.972. The Bertz CT molecular complexity index is 252. The first-order chi connectivity index (χ1) is 6.34. The Balaban J connectivity index is 2.32. The van der Waals surface area contributed by atoms with E-state index in [1.54, 1.807) is 0 Å². The second-order valence-corrected chi connectivity index (χ2v) is 4.26.